The van der Waals surface area contributed by atoms with Crippen molar-refractivity contribution >= 4 is 35.8 Å². The first-order chi connectivity index (χ1) is 14.0. The molecule has 1 aliphatic carbocycles. The Morgan fingerprint density at radius 2 is 1.90 bits per heavy atom. The lowest BCUT2D eigenvalue weighted by Gasteiger charge is -2.27. The molecule has 0 aromatic carbocycles. The van der Waals surface area contributed by atoms with E-state index in [4.69, 9.17) is 4.74 Å². The average Bonchev–Trinajstić information content (AvgIpc) is 2.74. The Balaban J connectivity index is 0.00000450. The fourth-order valence-corrected chi connectivity index (χ4v) is 4.04. The topological polar surface area (TPSA) is 69.2 Å². The largest absolute Gasteiger partial charge is 0.379 e. The first-order valence-electron chi connectivity index (χ1n) is 11.6. The summed E-state index contributed by atoms with van der Waals surface area (Å²) in [5.74, 6) is 1.68. The molecule has 176 valence electrons. The zero-order valence-electron chi connectivity index (χ0n) is 19.3. The van der Waals surface area contributed by atoms with Crippen molar-refractivity contribution in [2.24, 2.45) is 10.9 Å². The van der Waals surface area contributed by atoms with Crippen molar-refractivity contribution in [1.82, 2.24) is 20.4 Å². The molecule has 1 aliphatic heterocycles. The molecule has 2 aliphatic rings. The van der Waals surface area contributed by atoms with E-state index >= 15 is 0 Å². The molecular weight excluding hydrogens is 493 g/mol. The SMILES string of the molecule is CC(CCC1CCCCC1)NC(=NCC(=O)N(C)C)NCCCN1CCOCC1.I. The number of amides is 1. The number of nitrogens with one attached hydrogen (secondary N) is 2. The van der Waals surface area contributed by atoms with Gasteiger partial charge in [-0.1, -0.05) is 32.1 Å². The molecule has 1 unspecified atom stereocenters. The fraction of sp³-hybridized carbons (Fsp3) is 0.909. The van der Waals surface area contributed by atoms with Crippen molar-refractivity contribution in [1.29, 1.82) is 0 Å². The van der Waals surface area contributed by atoms with Crippen LogP contribution in [0.3, 0.4) is 0 Å². The Labute approximate surface area is 200 Å². The molecule has 0 bridgehead atoms. The van der Waals surface area contributed by atoms with Crippen LogP contribution in [0.4, 0.5) is 0 Å². The molecular formula is C22H44IN5O2. The van der Waals surface area contributed by atoms with Gasteiger partial charge in [-0.25, -0.2) is 4.99 Å². The van der Waals surface area contributed by atoms with Gasteiger partial charge in [0.2, 0.25) is 5.91 Å². The smallest absolute Gasteiger partial charge is 0.243 e. The van der Waals surface area contributed by atoms with Gasteiger partial charge in [0.15, 0.2) is 5.96 Å². The van der Waals surface area contributed by atoms with Crippen LogP contribution in [0.2, 0.25) is 0 Å². The quantitative estimate of drug-likeness (QED) is 0.194. The predicted molar refractivity (Wildman–Crippen MR) is 135 cm³/mol. The van der Waals surface area contributed by atoms with E-state index in [2.05, 4.69) is 27.4 Å². The number of nitrogens with zero attached hydrogens (tertiary/aromatic N) is 3. The standard InChI is InChI=1S/C22H43N5O2.HI/c1-19(10-11-20-8-5-4-6-9-20)25-22(24-18-21(28)26(2)3)23-12-7-13-27-14-16-29-17-15-27;/h19-20H,4-18H2,1-3H3,(H2,23,24,25);1H. The fourth-order valence-electron chi connectivity index (χ4n) is 4.04. The van der Waals surface area contributed by atoms with Crippen LogP contribution in [0.25, 0.3) is 0 Å². The lowest BCUT2D eigenvalue weighted by atomic mass is 9.85. The Hall–Kier alpha value is -0.610. The summed E-state index contributed by atoms with van der Waals surface area (Å²) in [5, 5.41) is 6.96. The van der Waals surface area contributed by atoms with Crippen LogP contribution in [-0.4, -0.2) is 87.7 Å². The van der Waals surface area contributed by atoms with Crippen LogP contribution >= 0.6 is 24.0 Å². The number of carbonyl (C=O) groups excluding carboxylic acids is 1. The summed E-state index contributed by atoms with van der Waals surface area (Å²) in [6, 6.07) is 0.358. The summed E-state index contributed by atoms with van der Waals surface area (Å²) in [5.41, 5.74) is 0. The lowest BCUT2D eigenvalue weighted by molar-refractivity contribution is -0.127. The minimum absolute atomic E-state index is 0. The van der Waals surface area contributed by atoms with Crippen molar-refractivity contribution in [2.75, 3.05) is 60.0 Å². The summed E-state index contributed by atoms with van der Waals surface area (Å²) in [7, 11) is 3.54. The van der Waals surface area contributed by atoms with E-state index in [0.29, 0.717) is 6.04 Å². The maximum atomic E-state index is 11.9. The van der Waals surface area contributed by atoms with Gasteiger partial charge in [-0.05, 0) is 38.6 Å². The van der Waals surface area contributed by atoms with Crippen molar-refractivity contribution in [2.45, 2.75) is 64.3 Å². The van der Waals surface area contributed by atoms with Crippen molar-refractivity contribution in [3.63, 3.8) is 0 Å². The van der Waals surface area contributed by atoms with Gasteiger partial charge in [-0.2, -0.15) is 0 Å². The third-order valence-electron chi connectivity index (χ3n) is 6.03. The first-order valence-corrected chi connectivity index (χ1v) is 11.6. The molecule has 30 heavy (non-hydrogen) atoms. The van der Waals surface area contributed by atoms with Gasteiger partial charge in [0, 0.05) is 39.8 Å². The normalized spacial score (nSPS) is 19.6. The molecule has 0 radical (unpaired) electrons. The molecule has 2 fully saturated rings. The van der Waals surface area contributed by atoms with Crippen LogP contribution in [0.5, 0.6) is 0 Å². The second-order valence-corrected chi connectivity index (χ2v) is 8.81. The molecule has 1 amide bonds. The van der Waals surface area contributed by atoms with Crippen LogP contribution in [0.15, 0.2) is 4.99 Å². The van der Waals surface area contributed by atoms with Crippen LogP contribution in [-0.2, 0) is 9.53 Å². The predicted octanol–water partition coefficient (Wildman–Crippen LogP) is 2.70. The van der Waals surface area contributed by atoms with Gasteiger partial charge < -0.3 is 20.3 Å². The van der Waals surface area contributed by atoms with Gasteiger partial charge in [0.05, 0.1) is 13.2 Å². The van der Waals surface area contributed by atoms with E-state index in [1.54, 1.807) is 19.0 Å². The van der Waals surface area contributed by atoms with E-state index in [1.807, 2.05) is 0 Å². The second kappa shape index (κ2) is 16.1. The number of ether oxygens (including phenoxy) is 1. The van der Waals surface area contributed by atoms with E-state index in [-0.39, 0.29) is 36.4 Å². The molecule has 2 N–H and O–H groups in total. The number of aliphatic imine (C=N–C) groups is 1. The molecule has 0 spiro atoms. The number of carbonyl (C=O) groups is 1. The third-order valence-corrected chi connectivity index (χ3v) is 6.03. The van der Waals surface area contributed by atoms with Gasteiger partial charge in [0.1, 0.15) is 6.54 Å². The molecule has 8 heteroatoms. The molecule has 1 heterocycles. The second-order valence-electron chi connectivity index (χ2n) is 8.81. The number of hydrogen-bond donors (Lipinski definition) is 2. The molecule has 7 nitrogen and oxygen atoms in total. The Kier molecular flexibility index (Phi) is 14.7. The minimum Gasteiger partial charge on any atom is -0.379 e. The highest BCUT2D eigenvalue weighted by atomic mass is 127. The summed E-state index contributed by atoms with van der Waals surface area (Å²) < 4.78 is 5.41. The molecule has 0 aromatic heterocycles. The molecule has 1 atom stereocenters. The number of likely N-dealkylation sites (N-methyl/N-ethyl adjacent to an activating group) is 1. The van der Waals surface area contributed by atoms with Crippen LogP contribution < -0.4 is 10.6 Å². The maximum Gasteiger partial charge on any atom is 0.243 e. The minimum atomic E-state index is 0. The van der Waals surface area contributed by atoms with Gasteiger partial charge in [0.25, 0.3) is 0 Å². The summed E-state index contributed by atoms with van der Waals surface area (Å²) in [6.07, 6.45) is 10.5. The third kappa shape index (κ3) is 11.7. The Bertz CT molecular complexity index is 492. The number of halogens is 1. The van der Waals surface area contributed by atoms with E-state index in [0.717, 1.165) is 64.1 Å². The maximum absolute atomic E-state index is 11.9. The van der Waals surface area contributed by atoms with Gasteiger partial charge in [-0.15, -0.1) is 24.0 Å². The van der Waals surface area contributed by atoms with Gasteiger partial charge >= 0.3 is 0 Å². The Morgan fingerprint density at radius 1 is 1.20 bits per heavy atom. The number of rotatable bonds is 10. The summed E-state index contributed by atoms with van der Waals surface area (Å²) in [4.78, 5) is 20.5. The molecule has 1 saturated heterocycles. The van der Waals surface area contributed by atoms with Crippen LogP contribution in [0, 0.1) is 5.92 Å². The monoisotopic (exact) mass is 537 g/mol. The van der Waals surface area contributed by atoms with Crippen molar-refractivity contribution < 1.29 is 9.53 Å². The van der Waals surface area contributed by atoms with Crippen molar-refractivity contribution in [3.05, 3.63) is 0 Å². The van der Waals surface area contributed by atoms with Gasteiger partial charge in [-0.3, -0.25) is 9.69 Å². The number of hydrogen-bond acceptors (Lipinski definition) is 4. The molecule has 1 saturated carbocycles. The number of guanidine groups is 1. The highest BCUT2D eigenvalue weighted by Crippen LogP contribution is 2.27. The molecule has 0 aromatic rings. The summed E-state index contributed by atoms with van der Waals surface area (Å²) >= 11 is 0. The zero-order chi connectivity index (χ0) is 20.9. The average molecular weight is 538 g/mol. The first kappa shape index (κ1) is 27.4. The van der Waals surface area contributed by atoms with E-state index in [9.17, 15) is 4.79 Å². The highest BCUT2D eigenvalue weighted by Gasteiger charge is 2.15. The number of morpholine rings is 1. The summed E-state index contributed by atoms with van der Waals surface area (Å²) in [6.45, 7) is 8.05. The Morgan fingerprint density at radius 3 is 2.57 bits per heavy atom. The zero-order valence-corrected chi connectivity index (χ0v) is 21.7. The van der Waals surface area contributed by atoms with E-state index < -0.39 is 0 Å². The lowest BCUT2D eigenvalue weighted by Crippen LogP contribution is -2.44. The van der Waals surface area contributed by atoms with E-state index in [1.165, 1.54) is 38.5 Å². The van der Waals surface area contributed by atoms with Crippen molar-refractivity contribution in [3.8, 4) is 0 Å². The molecule has 2 rings (SSSR count). The highest BCUT2D eigenvalue weighted by molar-refractivity contribution is 14.0. The van der Waals surface area contributed by atoms with Crippen LogP contribution in [0.1, 0.15) is 58.3 Å².